The van der Waals surface area contributed by atoms with Gasteiger partial charge in [0.05, 0.1) is 12.2 Å². The number of carbonyl (C=O) groups excluding carboxylic acids is 1. The topological polar surface area (TPSA) is 60.2 Å². The van der Waals surface area contributed by atoms with Gasteiger partial charge in [-0.15, -0.1) is 0 Å². The van der Waals surface area contributed by atoms with Gasteiger partial charge in [-0.2, -0.15) is 5.10 Å². The van der Waals surface area contributed by atoms with Gasteiger partial charge in [0, 0.05) is 43.2 Å². The summed E-state index contributed by atoms with van der Waals surface area (Å²) in [5.74, 6) is 1.11. The first-order valence-corrected chi connectivity index (χ1v) is 8.69. The Morgan fingerprint density at radius 2 is 2.08 bits per heavy atom. The van der Waals surface area contributed by atoms with Crippen LogP contribution in [0.5, 0.6) is 11.6 Å². The molecule has 0 N–H and O–H groups in total. The number of hydrogen-bond acceptors (Lipinski definition) is 4. The number of benzene rings is 1. The summed E-state index contributed by atoms with van der Waals surface area (Å²) in [6.45, 7) is 0.746. The zero-order chi connectivity index (χ0) is 17.9. The second kappa shape index (κ2) is 7.00. The van der Waals surface area contributed by atoms with E-state index in [1.54, 1.807) is 23.0 Å². The van der Waals surface area contributed by atoms with Crippen LogP contribution in [0.15, 0.2) is 61.1 Å². The molecule has 1 fully saturated rings. The molecule has 0 bridgehead atoms. The smallest absolute Gasteiger partial charge is 0.254 e. The van der Waals surface area contributed by atoms with Crippen molar-refractivity contribution >= 4 is 5.91 Å². The standard InChI is InChI=1S/C20H20N4O2/c1-23-14-16(13-22-23)18-8-5-11-24(18)20(25)15-9-10-21-19(12-15)26-17-6-3-2-4-7-17/h2-4,6-7,9-10,12-14,18H,5,8,11H2,1H3/t18-/m1/s1. The number of nitrogens with zero attached hydrogens (tertiary/aromatic N) is 4. The number of aryl methyl sites for hydroxylation is 1. The molecule has 0 unspecified atom stereocenters. The minimum absolute atomic E-state index is 0.00309. The van der Waals surface area contributed by atoms with Gasteiger partial charge < -0.3 is 9.64 Å². The predicted octanol–water partition coefficient (Wildman–Crippen LogP) is 3.58. The Morgan fingerprint density at radius 1 is 1.23 bits per heavy atom. The maximum atomic E-state index is 13.1. The lowest BCUT2D eigenvalue weighted by molar-refractivity contribution is 0.0735. The molecular weight excluding hydrogens is 328 g/mol. The van der Waals surface area contributed by atoms with Gasteiger partial charge in [-0.25, -0.2) is 4.98 Å². The van der Waals surface area contributed by atoms with Crippen molar-refractivity contribution in [2.24, 2.45) is 7.05 Å². The van der Waals surface area contributed by atoms with Crippen LogP contribution in [0.25, 0.3) is 0 Å². The number of hydrogen-bond donors (Lipinski definition) is 0. The second-order valence-electron chi connectivity index (χ2n) is 6.40. The molecule has 1 saturated heterocycles. The first kappa shape index (κ1) is 16.3. The maximum absolute atomic E-state index is 13.1. The normalized spacial score (nSPS) is 16.7. The molecule has 4 rings (SSSR count). The average Bonchev–Trinajstić information content (AvgIpc) is 3.31. The first-order valence-electron chi connectivity index (χ1n) is 8.69. The van der Waals surface area contributed by atoms with Crippen molar-refractivity contribution in [2.45, 2.75) is 18.9 Å². The summed E-state index contributed by atoms with van der Waals surface area (Å²) < 4.78 is 7.52. The molecule has 1 aliphatic rings. The van der Waals surface area contributed by atoms with Crippen molar-refractivity contribution in [3.05, 3.63) is 72.2 Å². The quantitative estimate of drug-likeness (QED) is 0.723. The van der Waals surface area contributed by atoms with Crippen LogP contribution >= 0.6 is 0 Å². The van der Waals surface area contributed by atoms with Gasteiger partial charge in [-0.3, -0.25) is 9.48 Å². The molecule has 0 spiro atoms. The van der Waals surface area contributed by atoms with Crippen LogP contribution in [0.4, 0.5) is 0 Å². The molecule has 6 nitrogen and oxygen atoms in total. The SMILES string of the molecule is Cn1cc([C@H]2CCCN2C(=O)c2ccnc(Oc3ccccc3)c2)cn1. The van der Waals surface area contributed by atoms with E-state index in [1.165, 1.54) is 0 Å². The largest absolute Gasteiger partial charge is 0.439 e. The van der Waals surface area contributed by atoms with Crippen molar-refractivity contribution in [1.82, 2.24) is 19.7 Å². The number of ether oxygens (including phenoxy) is 1. The molecule has 26 heavy (non-hydrogen) atoms. The van der Waals surface area contributed by atoms with E-state index in [2.05, 4.69) is 10.1 Å². The fraction of sp³-hybridized carbons (Fsp3) is 0.250. The molecular formula is C20H20N4O2. The van der Waals surface area contributed by atoms with Crippen LogP contribution in [0.3, 0.4) is 0 Å². The maximum Gasteiger partial charge on any atom is 0.254 e. The van der Waals surface area contributed by atoms with Crippen LogP contribution in [0.2, 0.25) is 0 Å². The van der Waals surface area contributed by atoms with Gasteiger partial charge in [0.1, 0.15) is 5.75 Å². The lowest BCUT2D eigenvalue weighted by Gasteiger charge is -2.24. The summed E-state index contributed by atoms with van der Waals surface area (Å²) in [6, 6.07) is 12.9. The molecule has 2 aromatic heterocycles. The van der Waals surface area contributed by atoms with Gasteiger partial charge in [0.15, 0.2) is 0 Å². The van der Waals surface area contributed by atoms with E-state index < -0.39 is 0 Å². The van der Waals surface area contributed by atoms with E-state index in [-0.39, 0.29) is 11.9 Å². The van der Waals surface area contributed by atoms with Crippen molar-refractivity contribution in [3.8, 4) is 11.6 Å². The number of aromatic nitrogens is 3. The van der Waals surface area contributed by atoms with E-state index in [0.717, 1.165) is 24.9 Å². The van der Waals surface area contributed by atoms with E-state index in [1.807, 2.05) is 54.7 Å². The highest BCUT2D eigenvalue weighted by atomic mass is 16.5. The molecule has 6 heteroatoms. The van der Waals surface area contributed by atoms with E-state index in [9.17, 15) is 4.79 Å². The Bertz CT molecular complexity index is 907. The Balaban J connectivity index is 1.55. The summed E-state index contributed by atoms with van der Waals surface area (Å²) in [4.78, 5) is 19.2. The first-order chi connectivity index (χ1) is 12.7. The van der Waals surface area contributed by atoms with Crippen LogP contribution in [-0.2, 0) is 7.05 Å². The highest BCUT2D eigenvalue weighted by Crippen LogP contribution is 2.33. The molecule has 3 heterocycles. The second-order valence-corrected chi connectivity index (χ2v) is 6.40. The van der Waals surface area contributed by atoms with Crippen molar-refractivity contribution in [1.29, 1.82) is 0 Å². The fourth-order valence-electron chi connectivity index (χ4n) is 3.34. The number of rotatable bonds is 4. The molecule has 0 saturated carbocycles. The minimum Gasteiger partial charge on any atom is -0.439 e. The molecule has 0 aliphatic carbocycles. The zero-order valence-electron chi connectivity index (χ0n) is 14.6. The van der Waals surface area contributed by atoms with Crippen LogP contribution in [0.1, 0.15) is 34.8 Å². The van der Waals surface area contributed by atoms with E-state index >= 15 is 0 Å². The number of carbonyl (C=O) groups is 1. The minimum atomic E-state index is -0.00309. The zero-order valence-corrected chi connectivity index (χ0v) is 14.6. The molecule has 132 valence electrons. The average molecular weight is 348 g/mol. The molecule has 0 radical (unpaired) electrons. The van der Waals surface area contributed by atoms with E-state index in [0.29, 0.717) is 17.2 Å². The van der Waals surface area contributed by atoms with Crippen molar-refractivity contribution < 1.29 is 9.53 Å². The molecule has 1 aromatic carbocycles. The van der Waals surface area contributed by atoms with Crippen LogP contribution in [0, 0.1) is 0 Å². The fourth-order valence-corrected chi connectivity index (χ4v) is 3.34. The van der Waals surface area contributed by atoms with E-state index in [4.69, 9.17) is 4.74 Å². The summed E-state index contributed by atoms with van der Waals surface area (Å²) in [7, 11) is 1.89. The summed E-state index contributed by atoms with van der Waals surface area (Å²) in [5, 5.41) is 4.24. The van der Waals surface area contributed by atoms with Crippen LogP contribution in [-0.4, -0.2) is 32.1 Å². The van der Waals surface area contributed by atoms with Crippen molar-refractivity contribution in [3.63, 3.8) is 0 Å². The number of amides is 1. The van der Waals surface area contributed by atoms with Gasteiger partial charge in [0.2, 0.25) is 5.88 Å². The molecule has 1 amide bonds. The Kier molecular flexibility index (Phi) is 4.39. The summed E-state index contributed by atoms with van der Waals surface area (Å²) >= 11 is 0. The lowest BCUT2D eigenvalue weighted by Crippen LogP contribution is -2.30. The summed E-state index contributed by atoms with van der Waals surface area (Å²) in [5.41, 5.74) is 1.66. The monoisotopic (exact) mass is 348 g/mol. The highest BCUT2D eigenvalue weighted by Gasteiger charge is 2.31. The van der Waals surface area contributed by atoms with Gasteiger partial charge in [-0.1, -0.05) is 18.2 Å². The third-order valence-corrected chi connectivity index (χ3v) is 4.57. The third kappa shape index (κ3) is 3.31. The number of para-hydroxylation sites is 1. The van der Waals surface area contributed by atoms with Gasteiger partial charge in [0.25, 0.3) is 5.91 Å². The Labute approximate surface area is 152 Å². The Hall–Kier alpha value is -3.15. The number of pyridine rings is 1. The van der Waals surface area contributed by atoms with Gasteiger partial charge in [-0.05, 0) is 31.0 Å². The molecule has 1 atom stereocenters. The van der Waals surface area contributed by atoms with Crippen molar-refractivity contribution in [2.75, 3.05) is 6.54 Å². The number of likely N-dealkylation sites (tertiary alicyclic amines) is 1. The predicted molar refractivity (Wildman–Crippen MR) is 97.0 cm³/mol. The Morgan fingerprint density at radius 3 is 2.85 bits per heavy atom. The summed E-state index contributed by atoms with van der Waals surface area (Å²) in [6.07, 6.45) is 7.37. The molecule has 1 aliphatic heterocycles. The van der Waals surface area contributed by atoms with Gasteiger partial charge >= 0.3 is 0 Å². The third-order valence-electron chi connectivity index (χ3n) is 4.57. The molecule has 3 aromatic rings. The van der Waals surface area contributed by atoms with Crippen LogP contribution < -0.4 is 4.74 Å². The lowest BCUT2D eigenvalue weighted by atomic mass is 10.1. The highest BCUT2D eigenvalue weighted by molar-refractivity contribution is 5.94.